The monoisotopic (exact) mass is 330 g/mol. The molecule has 1 aromatic carbocycles. The zero-order chi connectivity index (χ0) is 17.1. The second-order valence-electron chi connectivity index (χ2n) is 7.03. The van der Waals surface area contributed by atoms with Gasteiger partial charge < -0.3 is 15.3 Å². The van der Waals surface area contributed by atoms with Crippen LogP contribution in [0.5, 0.6) is 0 Å². The number of hydrogen-bond acceptors (Lipinski definition) is 2. The summed E-state index contributed by atoms with van der Waals surface area (Å²) in [5.74, 6) is -1.25. The molecule has 130 valence electrons. The molecule has 5 heteroatoms. The number of aliphatic carboxylic acids is 1. The highest BCUT2D eigenvalue weighted by Crippen LogP contribution is 2.25. The number of nitrogens with one attached hydrogen (secondary N) is 1. The average molecular weight is 330 g/mol. The smallest absolute Gasteiger partial charge is 0.317 e. The first-order chi connectivity index (χ1) is 11.5. The minimum absolute atomic E-state index is 0.0741. The first kappa shape index (κ1) is 16.8. The lowest BCUT2D eigenvalue weighted by Crippen LogP contribution is -2.47. The summed E-state index contributed by atoms with van der Waals surface area (Å²) in [7, 11) is 0. The van der Waals surface area contributed by atoms with E-state index < -0.39 is 11.9 Å². The molecule has 5 nitrogen and oxygen atoms in total. The minimum atomic E-state index is -0.810. The molecule has 1 aliphatic heterocycles. The van der Waals surface area contributed by atoms with Gasteiger partial charge in [0, 0.05) is 13.1 Å². The van der Waals surface area contributed by atoms with Gasteiger partial charge in [0.25, 0.3) is 0 Å². The van der Waals surface area contributed by atoms with Crippen LogP contribution in [-0.2, 0) is 17.6 Å². The third-order valence-corrected chi connectivity index (χ3v) is 5.27. The molecule has 2 aliphatic rings. The maximum Gasteiger partial charge on any atom is 0.317 e. The van der Waals surface area contributed by atoms with E-state index in [1.807, 2.05) is 6.92 Å². The second kappa shape index (κ2) is 7.24. The van der Waals surface area contributed by atoms with Gasteiger partial charge in [0.2, 0.25) is 0 Å². The van der Waals surface area contributed by atoms with Crippen molar-refractivity contribution >= 4 is 12.0 Å². The maximum absolute atomic E-state index is 12.5. The number of urea groups is 1. The Kier molecular flexibility index (Phi) is 5.07. The number of carboxylic acid groups (broad SMARTS) is 1. The van der Waals surface area contributed by atoms with E-state index in [1.54, 1.807) is 4.90 Å². The third kappa shape index (κ3) is 3.71. The molecule has 1 heterocycles. The fourth-order valence-corrected chi connectivity index (χ4v) is 3.75. The quantitative estimate of drug-likeness (QED) is 0.894. The standard InChI is InChI=1S/C19H26N2O3/c1-13(15-9-8-14-5-2-3-6-16(14)11-15)20-19(24)21-10-4-7-17(12-21)18(22)23/h8-9,11,13,17H,2-7,10,12H2,1H3,(H,20,24)(H,22,23). The van der Waals surface area contributed by atoms with Crippen molar-refractivity contribution in [3.63, 3.8) is 0 Å². The van der Waals surface area contributed by atoms with Gasteiger partial charge in [-0.3, -0.25) is 4.79 Å². The highest BCUT2D eigenvalue weighted by molar-refractivity contribution is 5.77. The Morgan fingerprint density at radius 3 is 2.71 bits per heavy atom. The van der Waals surface area contributed by atoms with Crippen LogP contribution in [0, 0.1) is 5.92 Å². The number of nitrogens with zero attached hydrogens (tertiary/aromatic N) is 1. The van der Waals surface area contributed by atoms with E-state index in [4.69, 9.17) is 5.11 Å². The zero-order valence-electron chi connectivity index (χ0n) is 14.3. The molecule has 2 N–H and O–H groups in total. The van der Waals surface area contributed by atoms with Gasteiger partial charge in [0.15, 0.2) is 0 Å². The number of fused-ring (bicyclic) bond motifs is 1. The number of piperidine rings is 1. The van der Waals surface area contributed by atoms with E-state index in [0.29, 0.717) is 19.5 Å². The molecule has 2 amide bonds. The molecule has 0 radical (unpaired) electrons. The lowest BCUT2D eigenvalue weighted by Gasteiger charge is -2.32. The van der Waals surface area contributed by atoms with Gasteiger partial charge in [-0.2, -0.15) is 0 Å². The molecule has 0 spiro atoms. The minimum Gasteiger partial charge on any atom is -0.481 e. The van der Waals surface area contributed by atoms with E-state index in [2.05, 4.69) is 23.5 Å². The van der Waals surface area contributed by atoms with Crippen LogP contribution in [0.2, 0.25) is 0 Å². The molecule has 1 aromatic rings. The van der Waals surface area contributed by atoms with Crippen molar-refractivity contribution in [2.24, 2.45) is 5.92 Å². The van der Waals surface area contributed by atoms with Gasteiger partial charge in [-0.1, -0.05) is 18.2 Å². The number of benzene rings is 1. The van der Waals surface area contributed by atoms with E-state index in [0.717, 1.165) is 24.8 Å². The molecule has 0 aromatic heterocycles. The Morgan fingerprint density at radius 1 is 1.21 bits per heavy atom. The van der Waals surface area contributed by atoms with Crippen LogP contribution in [0.3, 0.4) is 0 Å². The molecule has 3 rings (SSSR count). The van der Waals surface area contributed by atoms with E-state index >= 15 is 0 Å². The molecule has 1 fully saturated rings. The van der Waals surface area contributed by atoms with Gasteiger partial charge >= 0.3 is 12.0 Å². The van der Waals surface area contributed by atoms with Crippen molar-refractivity contribution < 1.29 is 14.7 Å². The largest absolute Gasteiger partial charge is 0.481 e. The summed E-state index contributed by atoms with van der Waals surface area (Å²) in [5, 5.41) is 12.2. The summed E-state index contributed by atoms with van der Waals surface area (Å²) in [6.45, 7) is 2.92. The Bertz CT molecular complexity index is 629. The molecule has 1 aliphatic carbocycles. The molecular weight excluding hydrogens is 304 g/mol. The summed E-state index contributed by atoms with van der Waals surface area (Å²) in [6, 6.07) is 6.27. The van der Waals surface area contributed by atoms with Crippen molar-refractivity contribution in [3.8, 4) is 0 Å². The molecule has 0 saturated carbocycles. The molecular formula is C19H26N2O3. The topological polar surface area (TPSA) is 69.6 Å². The highest BCUT2D eigenvalue weighted by Gasteiger charge is 2.28. The van der Waals surface area contributed by atoms with Crippen molar-refractivity contribution in [3.05, 3.63) is 34.9 Å². The van der Waals surface area contributed by atoms with Gasteiger partial charge in [-0.25, -0.2) is 4.79 Å². The van der Waals surface area contributed by atoms with E-state index in [9.17, 15) is 9.59 Å². The Balaban J connectivity index is 1.62. The Morgan fingerprint density at radius 2 is 1.96 bits per heavy atom. The lowest BCUT2D eigenvalue weighted by molar-refractivity contribution is -0.143. The van der Waals surface area contributed by atoms with Crippen molar-refractivity contribution in [1.29, 1.82) is 0 Å². The average Bonchev–Trinajstić information content (AvgIpc) is 2.61. The first-order valence-corrected chi connectivity index (χ1v) is 8.94. The Labute approximate surface area is 143 Å². The molecule has 2 unspecified atom stereocenters. The summed E-state index contributed by atoms with van der Waals surface area (Å²) >= 11 is 0. The maximum atomic E-state index is 12.5. The first-order valence-electron chi connectivity index (χ1n) is 8.94. The molecule has 24 heavy (non-hydrogen) atoms. The molecule has 1 saturated heterocycles. The predicted octanol–water partition coefficient (Wildman–Crippen LogP) is 3.13. The van der Waals surface area contributed by atoms with Crippen LogP contribution < -0.4 is 5.32 Å². The van der Waals surface area contributed by atoms with Crippen LogP contribution in [0.15, 0.2) is 18.2 Å². The third-order valence-electron chi connectivity index (χ3n) is 5.27. The van der Waals surface area contributed by atoms with Gasteiger partial charge in [0.05, 0.1) is 12.0 Å². The van der Waals surface area contributed by atoms with E-state index in [1.165, 1.54) is 24.0 Å². The number of amides is 2. The summed E-state index contributed by atoms with van der Waals surface area (Å²) in [4.78, 5) is 25.2. The van der Waals surface area contributed by atoms with Crippen molar-refractivity contribution in [2.75, 3.05) is 13.1 Å². The number of likely N-dealkylation sites (tertiary alicyclic amines) is 1. The SMILES string of the molecule is CC(NC(=O)N1CCCC(C(=O)O)C1)c1ccc2c(c1)CCCC2. The number of hydrogen-bond donors (Lipinski definition) is 2. The van der Waals surface area contributed by atoms with Crippen LogP contribution in [0.25, 0.3) is 0 Å². The van der Waals surface area contributed by atoms with Crippen molar-refractivity contribution in [2.45, 2.75) is 51.5 Å². The van der Waals surface area contributed by atoms with Crippen LogP contribution in [0.4, 0.5) is 4.79 Å². The fourth-order valence-electron chi connectivity index (χ4n) is 3.75. The highest BCUT2D eigenvalue weighted by atomic mass is 16.4. The van der Waals surface area contributed by atoms with Gasteiger partial charge in [-0.05, 0) is 62.1 Å². The zero-order valence-corrected chi connectivity index (χ0v) is 14.3. The number of carbonyl (C=O) groups is 2. The molecule has 2 atom stereocenters. The second-order valence-corrected chi connectivity index (χ2v) is 7.03. The van der Waals surface area contributed by atoms with Crippen molar-refractivity contribution in [1.82, 2.24) is 10.2 Å². The fraction of sp³-hybridized carbons (Fsp3) is 0.579. The predicted molar refractivity (Wildman–Crippen MR) is 92.0 cm³/mol. The normalized spacial score (nSPS) is 21.7. The molecule has 0 bridgehead atoms. The summed E-state index contributed by atoms with van der Waals surface area (Å²) < 4.78 is 0. The number of carboxylic acids is 1. The van der Waals surface area contributed by atoms with Gasteiger partial charge in [0.1, 0.15) is 0 Å². The van der Waals surface area contributed by atoms with Crippen LogP contribution in [0.1, 0.15) is 55.3 Å². The lowest BCUT2D eigenvalue weighted by atomic mass is 9.89. The number of carbonyl (C=O) groups excluding carboxylic acids is 1. The van der Waals surface area contributed by atoms with E-state index in [-0.39, 0.29) is 12.1 Å². The summed E-state index contributed by atoms with van der Waals surface area (Å²) in [6.07, 6.45) is 6.17. The summed E-state index contributed by atoms with van der Waals surface area (Å²) in [5.41, 5.74) is 3.96. The van der Waals surface area contributed by atoms with Crippen LogP contribution in [-0.4, -0.2) is 35.1 Å². The number of rotatable bonds is 3. The van der Waals surface area contributed by atoms with Gasteiger partial charge in [-0.15, -0.1) is 0 Å². The van der Waals surface area contributed by atoms with Crippen LogP contribution >= 0.6 is 0 Å². The Hall–Kier alpha value is -2.04. The number of aryl methyl sites for hydroxylation is 2.